The van der Waals surface area contributed by atoms with Gasteiger partial charge in [0.25, 0.3) is 0 Å². The van der Waals surface area contributed by atoms with E-state index in [2.05, 4.69) is 63.1 Å². The van der Waals surface area contributed by atoms with Gasteiger partial charge in [-0.25, -0.2) is 0 Å². The van der Waals surface area contributed by atoms with Crippen LogP contribution in [0, 0.1) is 0 Å². The number of nitrogens with one attached hydrogen (secondary N) is 12. The van der Waals surface area contributed by atoms with Crippen LogP contribution in [-0.2, 0) is 101 Å². The number of aliphatic hydroxyl groups excluding tert-OH is 1. The van der Waals surface area contributed by atoms with Gasteiger partial charge in [0.2, 0.25) is 88.6 Å². The van der Waals surface area contributed by atoms with Crippen LogP contribution in [0.25, 0.3) is 21.8 Å². The Bertz CT molecular complexity index is 4880. The van der Waals surface area contributed by atoms with Crippen LogP contribution in [0.2, 0.25) is 0 Å². The molecule has 0 radical (unpaired) electrons. The molecule has 0 bridgehead atoms. The summed E-state index contributed by atoms with van der Waals surface area (Å²) >= 11 is 0.845. The summed E-state index contributed by atoms with van der Waals surface area (Å²) in [4.78, 5) is 259. The van der Waals surface area contributed by atoms with E-state index in [0.717, 1.165) is 26.5 Å². The molecule has 0 aliphatic carbocycles. The first-order valence-corrected chi connectivity index (χ1v) is 45.7. The number of thioether (sulfide) groups is 1. The number of rotatable bonds is 27. The Morgan fingerprint density at radius 3 is 1.47 bits per heavy atom. The molecular weight excluding hydrogens is 1720 g/mol. The number of primary amides is 1. The summed E-state index contributed by atoms with van der Waals surface area (Å²) in [6.45, 7) is 1.89. The number of carboxylic acid groups (broad SMARTS) is 2. The van der Waals surface area contributed by atoms with Crippen LogP contribution in [-0.4, -0.2) is 318 Å². The van der Waals surface area contributed by atoms with Crippen LogP contribution < -0.4 is 76.1 Å². The summed E-state index contributed by atoms with van der Waals surface area (Å²) in [6, 6.07) is -1.14. The zero-order valence-corrected chi connectivity index (χ0v) is 75.0. The van der Waals surface area contributed by atoms with E-state index in [0.29, 0.717) is 64.2 Å². The number of para-hydroxylation sites is 2. The SMILES string of the molecule is CCCCC1C(=O)N(C)C(CCCC)C(=O)NC(CCCN)C(=O)NC(C(O)NCC(N)=O)CSCC(=O)NC(Cc2ccc(O)cc2)C(=O)N2CCCC2C(=O)NC(CC(=O)O)C(=O)N2CCCC2C(=O)NC(CN)C(=O)NC(CCC(=O)O)C(=O)N2CCCC2C(=O)NC(Cc2c[nH]c3ccccc23)C(=O)NC(CCN)C(=O)NC(Cc2c[nH]c3ccccc23)C(=O)N1C. The number of carbonyl (C=O) groups is 17. The molecule has 3 aromatic carbocycles. The molecule has 0 saturated carbocycles. The highest BCUT2D eigenvalue weighted by molar-refractivity contribution is 8.00. The van der Waals surface area contributed by atoms with Crippen molar-refractivity contribution in [3.63, 3.8) is 0 Å². The monoisotopic (exact) mass is 1840 g/mol. The average Bonchev–Trinajstić information content (AvgIpc) is 1.20. The maximum atomic E-state index is 15.8. The minimum absolute atomic E-state index is 0.0179. The second-order valence-electron chi connectivity index (χ2n) is 33.5. The number of aliphatic hydroxyl groups is 1. The minimum atomic E-state index is -1.88. The summed E-state index contributed by atoms with van der Waals surface area (Å²) in [7, 11) is 2.77. The molecule has 4 fully saturated rings. The number of hydrogen-bond acceptors (Lipinski definition) is 24. The van der Waals surface area contributed by atoms with Crippen LogP contribution >= 0.6 is 11.8 Å². The smallest absolute Gasteiger partial charge is 0.305 e. The molecule has 9 rings (SSSR count). The van der Waals surface area contributed by atoms with Crippen LogP contribution in [0.15, 0.2) is 85.2 Å². The summed E-state index contributed by atoms with van der Waals surface area (Å²) in [5.74, 6) is -17.4. The van der Waals surface area contributed by atoms with Gasteiger partial charge >= 0.3 is 11.9 Å². The number of H-pyrrole nitrogens is 2. The summed E-state index contributed by atoms with van der Waals surface area (Å²) < 4.78 is 0. The zero-order chi connectivity index (χ0) is 95.3. The molecule has 2 aromatic heterocycles. The summed E-state index contributed by atoms with van der Waals surface area (Å²) in [6.07, 6.45) is 0.588. The molecule has 4 saturated heterocycles. The van der Waals surface area contributed by atoms with Crippen molar-refractivity contribution >= 4 is 134 Å². The Balaban J connectivity index is 1.08. The number of aliphatic carboxylic acids is 2. The summed E-state index contributed by atoms with van der Waals surface area (Å²) in [5, 5.41) is 70.1. The number of phenolic OH excluding ortho intramolecular Hbond substituents is 1. The number of hydrogen-bond donors (Lipinski definition) is 20. The number of nitrogens with zero attached hydrogens (tertiary/aromatic N) is 5. The van der Waals surface area contributed by atoms with Crippen LogP contribution in [0.3, 0.4) is 0 Å². The quantitative estimate of drug-likeness (QED) is 0.0238. The fourth-order valence-corrected chi connectivity index (χ4v) is 17.9. The van der Waals surface area contributed by atoms with Crippen LogP contribution in [0.5, 0.6) is 5.75 Å². The van der Waals surface area contributed by atoms with E-state index in [9.17, 15) is 63.6 Å². The minimum Gasteiger partial charge on any atom is -0.508 e. The van der Waals surface area contributed by atoms with E-state index >= 15 is 38.4 Å². The maximum absolute atomic E-state index is 15.8. The van der Waals surface area contributed by atoms with Crippen molar-refractivity contribution in [3.05, 3.63) is 102 Å². The van der Waals surface area contributed by atoms with Gasteiger partial charge < -0.3 is 126 Å². The van der Waals surface area contributed by atoms with Crippen molar-refractivity contribution in [1.29, 1.82) is 0 Å². The van der Waals surface area contributed by atoms with Crippen molar-refractivity contribution in [3.8, 4) is 5.75 Å². The van der Waals surface area contributed by atoms with E-state index < -0.39 is 229 Å². The Hall–Kier alpha value is -12.3. The lowest BCUT2D eigenvalue weighted by molar-refractivity contribution is -0.149. The normalized spacial score (nSPS) is 25.3. The van der Waals surface area contributed by atoms with Crippen molar-refractivity contribution in [2.45, 2.75) is 239 Å². The van der Waals surface area contributed by atoms with Gasteiger partial charge in [0.15, 0.2) is 0 Å². The highest BCUT2D eigenvalue weighted by Gasteiger charge is 2.47. The van der Waals surface area contributed by atoms with Gasteiger partial charge in [-0.15, -0.1) is 11.8 Å². The van der Waals surface area contributed by atoms with Crippen LogP contribution in [0.1, 0.15) is 146 Å². The number of fused-ring (bicyclic) bond motifs is 5. The predicted octanol–water partition coefficient (Wildman–Crippen LogP) is -2.72. The summed E-state index contributed by atoms with van der Waals surface area (Å²) in [5.41, 5.74) is 26.7. The third-order valence-electron chi connectivity index (χ3n) is 24.1. The molecule has 6 heterocycles. The van der Waals surface area contributed by atoms with Crippen molar-refractivity contribution in [2.75, 3.05) is 71.4 Å². The molecule has 15 amide bonds. The number of aromatic hydroxyl groups is 1. The van der Waals surface area contributed by atoms with E-state index in [1.807, 2.05) is 13.8 Å². The predicted molar refractivity (Wildman–Crippen MR) is 480 cm³/mol. The van der Waals surface area contributed by atoms with Gasteiger partial charge in [-0.05, 0) is 131 Å². The fraction of sp³-hybridized carbons (Fsp3) is 0.557. The number of amides is 15. The highest BCUT2D eigenvalue weighted by atomic mass is 32.2. The molecular formula is C88H125N21O21S. The van der Waals surface area contributed by atoms with Gasteiger partial charge in [-0.3, -0.25) is 86.8 Å². The third kappa shape index (κ3) is 28.1. The lowest BCUT2D eigenvalue weighted by Crippen LogP contribution is -2.61. The topological polar surface area (TPSA) is 643 Å². The third-order valence-corrected chi connectivity index (χ3v) is 25.2. The van der Waals surface area contributed by atoms with Gasteiger partial charge in [0, 0.05) is 106 Å². The molecule has 24 N–H and O–H groups in total. The lowest BCUT2D eigenvalue weighted by Gasteiger charge is -2.36. The van der Waals surface area contributed by atoms with Crippen molar-refractivity contribution < 1.29 is 102 Å². The second kappa shape index (κ2) is 49.6. The Morgan fingerprint density at radius 1 is 0.473 bits per heavy atom. The number of aromatic nitrogens is 2. The fourth-order valence-electron chi connectivity index (χ4n) is 17.0. The molecule has 5 aromatic rings. The van der Waals surface area contributed by atoms with E-state index in [4.69, 9.17) is 22.9 Å². The highest BCUT2D eigenvalue weighted by Crippen LogP contribution is 2.29. The number of aromatic amines is 2. The van der Waals surface area contributed by atoms with Crippen molar-refractivity contribution in [2.24, 2.45) is 22.9 Å². The maximum Gasteiger partial charge on any atom is 0.305 e. The number of likely N-dealkylation sites (N-methyl/N-ethyl adjacent to an activating group) is 2. The Morgan fingerprint density at radius 2 is 0.931 bits per heavy atom. The number of carbonyl (C=O) groups excluding carboxylic acids is 15. The largest absolute Gasteiger partial charge is 0.508 e. The first-order valence-electron chi connectivity index (χ1n) is 44.6. The van der Waals surface area contributed by atoms with Crippen LogP contribution in [0.4, 0.5) is 0 Å². The van der Waals surface area contributed by atoms with Gasteiger partial charge in [0.1, 0.15) is 90.5 Å². The molecule has 714 valence electrons. The average molecular weight is 1850 g/mol. The Kier molecular flexibility index (Phi) is 38.8. The molecule has 15 atom stereocenters. The first-order chi connectivity index (χ1) is 62.7. The van der Waals surface area contributed by atoms with E-state index in [1.54, 1.807) is 60.9 Å². The molecule has 42 nitrogen and oxygen atoms in total. The Labute approximate surface area is 761 Å². The second-order valence-corrected chi connectivity index (χ2v) is 34.6. The number of phenols is 1. The molecule has 43 heteroatoms. The van der Waals surface area contributed by atoms with Gasteiger partial charge in [-0.2, -0.15) is 0 Å². The number of unbranched alkanes of at least 4 members (excludes halogenated alkanes) is 2. The molecule has 4 aliphatic rings. The first kappa shape index (κ1) is 102. The molecule has 131 heavy (non-hydrogen) atoms. The zero-order valence-electron chi connectivity index (χ0n) is 74.1. The van der Waals surface area contributed by atoms with Gasteiger partial charge in [0.05, 0.1) is 24.8 Å². The molecule has 4 aliphatic heterocycles. The number of nitrogens with two attached hydrogens (primary N) is 4. The molecule has 0 spiro atoms. The molecule has 15 unspecified atom stereocenters. The standard InChI is InChI=1S/C88H125N21O21S/c1-5-7-22-66-80(122)98-57(21-13-34-89)76(118)104-65(75(117)95-46-71(92)111)47-131-48-72(112)96-61(39-49-27-29-52(110)30-28-49)86(128)108-37-15-25-68(108)82(124)102-63(42-74(115)116)87(129)109-38-16-26-69(109)83(125)103-64(43-91)79(121)99-59(31-32-73(113)114)85(127)107-36-14-24-67(107)81(123)100-60(40-50-44-93-55-19-11-9-17-53(50)55)78(120)97-58(33-35-90)77(119)101-62(41-51-45-94-56-20-12-10-18-54(51)56)84(126)106(4)70(23-8-6-2)88(130)105(66)3/h9-12,17-20,27-30,44-45,57-70,75,93-95,110,117H,5-8,13-16,21-26,31-43,46-48,89-91H2,1-4H3,(H2,92,111)(H,96,112)(H,97,120)(H,98,122)(H,99,121)(H,100,123)(H,101,119)(H,102,124)(H,103,125)(H,104,118)(H,113,114)(H,115,116). The lowest BCUT2D eigenvalue weighted by atomic mass is 9.99. The number of benzene rings is 3. The van der Waals surface area contributed by atoms with Crippen molar-refractivity contribution in [1.82, 2.24) is 87.6 Å². The number of carboxylic acids is 2. The van der Waals surface area contributed by atoms with E-state index in [1.165, 1.54) is 48.2 Å². The van der Waals surface area contributed by atoms with E-state index in [-0.39, 0.29) is 134 Å². The van der Waals surface area contributed by atoms with Gasteiger partial charge in [-0.1, -0.05) is 88.1 Å².